The zero-order valence-electron chi connectivity index (χ0n) is 10.9. The Morgan fingerprint density at radius 2 is 2.14 bits per heavy atom. The van der Waals surface area contributed by atoms with Gasteiger partial charge in [-0.2, -0.15) is 10.5 Å². The molecule has 0 spiro atoms. The van der Waals surface area contributed by atoms with E-state index >= 15 is 0 Å². The van der Waals surface area contributed by atoms with Crippen molar-refractivity contribution in [3.63, 3.8) is 0 Å². The number of allylic oxidation sites excluding steroid dienone is 2. The molecular formula is C14H10N4O2S. The number of rotatable bonds is 1. The van der Waals surface area contributed by atoms with Crippen LogP contribution in [0.1, 0.15) is 18.1 Å². The van der Waals surface area contributed by atoms with Crippen molar-refractivity contribution in [2.24, 2.45) is 5.73 Å². The maximum absolute atomic E-state index is 12.1. The van der Waals surface area contributed by atoms with Gasteiger partial charge in [-0.25, -0.2) is 0 Å². The SMILES string of the molecule is N#CC1=C(N)N2C(=O)CCSC2=C(C#N)[C@H]1c1ccco1. The number of nitrogens with zero attached hydrogens (tertiary/aromatic N) is 3. The van der Waals surface area contributed by atoms with Crippen molar-refractivity contribution >= 4 is 17.7 Å². The van der Waals surface area contributed by atoms with Gasteiger partial charge in [0.25, 0.3) is 0 Å². The van der Waals surface area contributed by atoms with E-state index in [1.165, 1.54) is 22.9 Å². The summed E-state index contributed by atoms with van der Waals surface area (Å²) in [5.41, 5.74) is 6.51. The molecule has 0 bridgehead atoms. The lowest BCUT2D eigenvalue weighted by Gasteiger charge is -2.35. The van der Waals surface area contributed by atoms with Crippen LogP contribution in [0.15, 0.2) is 44.8 Å². The number of nitriles is 2. The van der Waals surface area contributed by atoms with E-state index in [2.05, 4.69) is 6.07 Å². The second-order valence-electron chi connectivity index (χ2n) is 4.52. The first-order chi connectivity index (χ1) is 10.2. The van der Waals surface area contributed by atoms with E-state index in [0.717, 1.165) is 0 Å². The Balaban J connectivity index is 2.25. The highest BCUT2D eigenvalue weighted by atomic mass is 32.2. The Morgan fingerprint density at radius 1 is 1.38 bits per heavy atom. The number of hydrogen-bond acceptors (Lipinski definition) is 6. The van der Waals surface area contributed by atoms with Gasteiger partial charge in [0.2, 0.25) is 5.91 Å². The summed E-state index contributed by atoms with van der Waals surface area (Å²) < 4.78 is 5.35. The molecule has 0 aliphatic carbocycles. The summed E-state index contributed by atoms with van der Waals surface area (Å²) in [6, 6.07) is 7.51. The number of amides is 1. The number of furan rings is 1. The number of carbonyl (C=O) groups excluding carboxylic acids is 1. The smallest absolute Gasteiger partial charge is 0.233 e. The Bertz CT molecular complexity index is 749. The van der Waals surface area contributed by atoms with Crippen LogP contribution in [0.25, 0.3) is 0 Å². The quantitative estimate of drug-likeness (QED) is 0.846. The van der Waals surface area contributed by atoms with Crippen LogP contribution in [-0.4, -0.2) is 16.6 Å². The summed E-state index contributed by atoms with van der Waals surface area (Å²) in [7, 11) is 0. The molecule has 3 heterocycles. The molecule has 0 aromatic carbocycles. The van der Waals surface area contributed by atoms with Crippen molar-refractivity contribution in [1.29, 1.82) is 10.5 Å². The molecule has 1 amide bonds. The summed E-state index contributed by atoms with van der Waals surface area (Å²) in [5, 5.41) is 19.4. The summed E-state index contributed by atoms with van der Waals surface area (Å²) >= 11 is 1.40. The Kier molecular flexibility index (Phi) is 3.20. The minimum absolute atomic E-state index is 0.0881. The van der Waals surface area contributed by atoms with Gasteiger partial charge in [-0.05, 0) is 12.1 Å². The van der Waals surface area contributed by atoms with Crippen LogP contribution >= 0.6 is 11.8 Å². The number of hydrogen-bond donors (Lipinski definition) is 1. The highest BCUT2D eigenvalue weighted by molar-refractivity contribution is 8.03. The van der Waals surface area contributed by atoms with E-state index in [1.54, 1.807) is 12.1 Å². The normalized spacial score (nSPS) is 21.9. The van der Waals surface area contributed by atoms with Gasteiger partial charge in [0.05, 0.1) is 40.5 Å². The predicted molar refractivity (Wildman–Crippen MR) is 74.8 cm³/mol. The number of nitrogens with two attached hydrogens (primary N) is 1. The first-order valence-corrected chi connectivity index (χ1v) is 7.20. The van der Waals surface area contributed by atoms with Gasteiger partial charge < -0.3 is 10.2 Å². The molecule has 1 aromatic heterocycles. The third-order valence-corrected chi connectivity index (χ3v) is 4.48. The second kappa shape index (κ2) is 5.04. The van der Waals surface area contributed by atoms with Gasteiger partial charge in [-0.3, -0.25) is 9.69 Å². The van der Waals surface area contributed by atoms with Crippen molar-refractivity contribution in [3.05, 3.63) is 46.2 Å². The lowest BCUT2D eigenvalue weighted by atomic mass is 9.87. The van der Waals surface area contributed by atoms with Crippen LogP contribution in [-0.2, 0) is 4.79 Å². The fourth-order valence-corrected chi connectivity index (χ4v) is 3.60. The van der Waals surface area contributed by atoms with Crippen LogP contribution in [0.2, 0.25) is 0 Å². The Hall–Kier alpha value is -2.64. The first-order valence-electron chi connectivity index (χ1n) is 6.22. The third kappa shape index (κ3) is 1.91. The van der Waals surface area contributed by atoms with Gasteiger partial charge in [0.1, 0.15) is 11.6 Å². The Morgan fingerprint density at radius 3 is 2.76 bits per heavy atom. The van der Waals surface area contributed by atoms with Crippen LogP contribution in [0, 0.1) is 22.7 Å². The minimum atomic E-state index is -0.653. The van der Waals surface area contributed by atoms with Gasteiger partial charge in [-0.15, -0.1) is 11.8 Å². The largest absolute Gasteiger partial charge is 0.468 e. The molecule has 1 atom stereocenters. The van der Waals surface area contributed by atoms with Crippen LogP contribution < -0.4 is 5.73 Å². The molecule has 21 heavy (non-hydrogen) atoms. The molecule has 6 nitrogen and oxygen atoms in total. The number of carbonyl (C=O) groups is 1. The van der Waals surface area contributed by atoms with E-state index < -0.39 is 5.92 Å². The van der Waals surface area contributed by atoms with Crippen LogP contribution in [0.4, 0.5) is 0 Å². The molecule has 3 rings (SSSR count). The zero-order chi connectivity index (χ0) is 15.0. The van der Waals surface area contributed by atoms with Crippen molar-refractivity contribution in [3.8, 4) is 12.1 Å². The molecule has 1 aromatic rings. The topological polar surface area (TPSA) is 107 Å². The molecule has 104 valence electrons. The van der Waals surface area contributed by atoms with Crippen molar-refractivity contribution < 1.29 is 9.21 Å². The zero-order valence-corrected chi connectivity index (χ0v) is 11.7. The van der Waals surface area contributed by atoms with Gasteiger partial charge in [0.15, 0.2) is 0 Å². The maximum atomic E-state index is 12.1. The van der Waals surface area contributed by atoms with E-state index in [9.17, 15) is 15.3 Å². The molecule has 0 unspecified atom stereocenters. The van der Waals surface area contributed by atoms with Crippen molar-refractivity contribution in [2.45, 2.75) is 12.3 Å². The monoisotopic (exact) mass is 298 g/mol. The van der Waals surface area contributed by atoms with Gasteiger partial charge in [0, 0.05) is 12.2 Å². The summed E-state index contributed by atoms with van der Waals surface area (Å²) in [6.07, 6.45) is 1.81. The first kappa shape index (κ1) is 13.3. The molecule has 0 radical (unpaired) electrons. The Labute approximate surface area is 125 Å². The highest BCUT2D eigenvalue weighted by Crippen LogP contribution is 2.45. The summed E-state index contributed by atoms with van der Waals surface area (Å²) in [6.45, 7) is 0. The predicted octanol–water partition coefficient (Wildman–Crippen LogP) is 1.77. The van der Waals surface area contributed by atoms with E-state index in [0.29, 0.717) is 28.5 Å². The molecule has 2 aliphatic heterocycles. The molecule has 2 aliphatic rings. The van der Waals surface area contributed by atoms with Gasteiger partial charge >= 0.3 is 0 Å². The van der Waals surface area contributed by atoms with Gasteiger partial charge in [-0.1, -0.05) is 0 Å². The maximum Gasteiger partial charge on any atom is 0.233 e. The second-order valence-corrected chi connectivity index (χ2v) is 5.60. The van der Waals surface area contributed by atoms with E-state index in [-0.39, 0.29) is 17.3 Å². The highest BCUT2D eigenvalue weighted by Gasteiger charge is 2.41. The van der Waals surface area contributed by atoms with Crippen LogP contribution in [0.5, 0.6) is 0 Å². The third-order valence-electron chi connectivity index (χ3n) is 3.40. The van der Waals surface area contributed by atoms with Crippen molar-refractivity contribution in [1.82, 2.24) is 4.90 Å². The minimum Gasteiger partial charge on any atom is -0.468 e. The van der Waals surface area contributed by atoms with E-state index in [4.69, 9.17) is 10.2 Å². The summed E-state index contributed by atoms with van der Waals surface area (Å²) in [4.78, 5) is 13.4. The number of thioether (sulfide) groups is 1. The fourth-order valence-electron chi connectivity index (χ4n) is 2.48. The lowest BCUT2D eigenvalue weighted by molar-refractivity contribution is -0.127. The standard InChI is InChI=1S/C14H10N4O2S/c15-6-8-12(10-2-1-4-20-10)9(7-16)14-18(13(8)17)11(19)3-5-21-14/h1-2,4,12H,3,5,17H2/t12-/m0/s1. The summed E-state index contributed by atoms with van der Waals surface area (Å²) in [5.74, 6) is 0.303. The lowest BCUT2D eigenvalue weighted by Crippen LogP contribution is -2.40. The molecule has 7 heteroatoms. The van der Waals surface area contributed by atoms with E-state index in [1.807, 2.05) is 6.07 Å². The molecule has 0 saturated carbocycles. The molecule has 1 saturated heterocycles. The van der Waals surface area contributed by atoms with Crippen LogP contribution in [0.3, 0.4) is 0 Å². The molecule has 1 fully saturated rings. The average molecular weight is 298 g/mol. The molecular weight excluding hydrogens is 288 g/mol. The molecule has 2 N–H and O–H groups in total. The number of fused-ring (bicyclic) bond motifs is 1. The van der Waals surface area contributed by atoms with Crippen molar-refractivity contribution in [2.75, 3.05) is 5.75 Å². The average Bonchev–Trinajstić information content (AvgIpc) is 3.00. The fraction of sp³-hybridized carbons (Fsp3) is 0.214.